The van der Waals surface area contributed by atoms with Crippen LogP contribution in [0.4, 0.5) is 0 Å². The van der Waals surface area contributed by atoms with Gasteiger partial charge in [0.15, 0.2) is 5.16 Å². The minimum atomic E-state index is 0.328. The average Bonchev–Trinajstić information content (AvgIpc) is 2.59. The lowest BCUT2D eigenvalue weighted by molar-refractivity contribution is 0.292. The van der Waals surface area contributed by atoms with Gasteiger partial charge < -0.3 is 4.52 Å². The molecule has 0 aliphatic carbocycles. The molecule has 0 saturated carbocycles. The summed E-state index contributed by atoms with van der Waals surface area (Å²) < 4.78 is 4.46. The first-order valence-corrected chi connectivity index (χ1v) is 2.50. The summed E-state index contributed by atoms with van der Waals surface area (Å²) in [5, 5.41) is 6.98. The largest absolute Gasteiger partial charge is 0.462 e. The molecule has 2 rings (SSSR count). The third-order valence-corrected chi connectivity index (χ3v) is 0.923. The van der Waals surface area contributed by atoms with Crippen molar-refractivity contribution in [3.05, 3.63) is 12.2 Å². The van der Waals surface area contributed by atoms with Crippen molar-refractivity contribution in [3.8, 4) is 0 Å². The lowest BCUT2D eigenvalue weighted by Crippen LogP contribution is -2.02. The Balaban J connectivity index is 2.36. The van der Waals surface area contributed by atoms with Gasteiger partial charge in [-0.2, -0.15) is 4.98 Å². The highest BCUT2D eigenvalue weighted by Gasteiger charge is 2.24. The second-order valence-corrected chi connectivity index (χ2v) is 1.51. The van der Waals surface area contributed by atoms with Crippen LogP contribution in [0.15, 0.2) is 15.9 Å². The molecule has 49 valence electrons. The fourth-order valence-electron chi connectivity index (χ4n) is 0.538. The van der Waals surface area contributed by atoms with Crippen LogP contribution < -0.4 is 5.16 Å². The molecule has 0 unspecified atom stereocenters. The average molecular weight is 138 g/mol. The molecule has 0 spiro atoms. The van der Waals surface area contributed by atoms with Crippen LogP contribution in [-0.2, 0) is 4.84 Å². The zero-order valence-electron chi connectivity index (χ0n) is 4.76. The standard InChI is InChI=1S/C4H2N4O2/c1-5-3(7-9-1)4-6-2-10-8-4/h1-2H/q+1. The molecule has 6 heteroatoms. The highest BCUT2D eigenvalue weighted by atomic mass is 16.6. The zero-order valence-corrected chi connectivity index (χ0v) is 4.76. The van der Waals surface area contributed by atoms with Crippen LogP contribution in [0, 0.1) is 0 Å². The van der Waals surface area contributed by atoms with Gasteiger partial charge in [-0.05, 0) is 5.16 Å². The Morgan fingerprint density at radius 3 is 3.10 bits per heavy atom. The van der Waals surface area contributed by atoms with Gasteiger partial charge in [0.1, 0.15) is 0 Å². The molecule has 0 saturated heterocycles. The first-order chi connectivity index (χ1) is 4.97. The highest BCUT2D eigenvalue weighted by molar-refractivity contribution is 5.99. The Labute approximate surface area is 55.2 Å². The van der Waals surface area contributed by atoms with Crippen LogP contribution in [0.5, 0.6) is 0 Å². The number of aromatic nitrogens is 2. The minimum Gasteiger partial charge on any atom is -0.342 e. The molecule has 2 heterocycles. The van der Waals surface area contributed by atoms with Crippen LogP contribution in [0.25, 0.3) is 0 Å². The monoisotopic (exact) mass is 138 g/mol. The number of oxime groups is 1. The molecule has 1 aromatic rings. The molecule has 0 N–H and O–H groups in total. The maximum Gasteiger partial charge on any atom is 0.462 e. The summed E-state index contributed by atoms with van der Waals surface area (Å²) in [6, 6.07) is 0. The molecule has 0 fully saturated rings. The van der Waals surface area contributed by atoms with Crippen molar-refractivity contribution in [3.63, 3.8) is 0 Å². The fourth-order valence-corrected chi connectivity index (χ4v) is 0.538. The van der Waals surface area contributed by atoms with Gasteiger partial charge in [-0.15, -0.1) is 0 Å². The van der Waals surface area contributed by atoms with Crippen LogP contribution >= 0.6 is 0 Å². The summed E-state index contributed by atoms with van der Waals surface area (Å²) >= 11 is 0. The van der Waals surface area contributed by atoms with Gasteiger partial charge in [0, 0.05) is 4.99 Å². The predicted molar refractivity (Wildman–Crippen MR) is 30.1 cm³/mol. The minimum absolute atomic E-state index is 0.328. The van der Waals surface area contributed by atoms with Crippen LogP contribution in [0.1, 0.15) is 5.82 Å². The molecule has 0 amide bonds. The molecule has 10 heavy (non-hydrogen) atoms. The van der Waals surface area contributed by atoms with Crippen molar-refractivity contribution in [2.24, 2.45) is 4.99 Å². The van der Waals surface area contributed by atoms with E-state index in [1.165, 1.54) is 12.8 Å². The van der Waals surface area contributed by atoms with E-state index in [1.54, 1.807) is 0 Å². The maximum absolute atomic E-state index is 4.46. The fraction of sp³-hybridized carbons (Fsp3) is 0. The van der Waals surface area contributed by atoms with E-state index < -0.39 is 0 Å². The molecule has 0 bridgehead atoms. The van der Waals surface area contributed by atoms with Crippen molar-refractivity contribution >= 4 is 12.2 Å². The lowest BCUT2D eigenvalue weighted by atomic mass is 10.6. The second kappa shape index (κ2) is 1.90. The third-order valence-electron chi connectivity index (χ3n) is 0.923. The summed E-state index contributed by atoms with van der Waals surface area (Å²) in [6.07, 6.45) is 2.40. The number of hydrogen-bond acceptors (Lipinski definition) is 6. The van der Waals surface area contributed by atoms with E-state index >= 15 is 0 Å². The summed E-state index contributed by atoms with van der Waals surface area (Å²) in [4.78, 5) is 11.8. The maximum atomic E-state index is 4.46. The van der Waals surface area contributed by atoms with Crippen LogP contribution in [-0.4, -0.2) is 22.4 Å². The Morgan fingerprint density at radius 1 is 1.50 bits per heavy atom. The molecule has 0 atom stereocenters. The van der Waals surface area contributed by atoms with Crippen molar-refractivity contribution in [1.82, 2.24) is 15.3 Å². The van der Waals surface area contributed by atoms with E-state index in [4.69, 9.17) is 0 Å². The Hall–Kier alpha value is -1.72. The molecule has 1 aliphatic heterocycles. The van der Waals surface area contributed by atoms with E-state index in [9.17, 15) is 0 Å². The predicted octanol–water partition coefficient (Wildman–Crippen LogP) is -0.874. The van der Waals surface area contributed by atoms with E-state index in [1.807, 2.05) is 0 Å². The van der Waals surface area contributed by atoms with E-state index in [-0.39, 0.29) is 0 Å². The first-order valence-electron chi connectivity index (χ1n) is 2.50. The Kier molecular flexibility index (Phi) is 0.970. The van der Waals surface area contributed by atoms with Gasteiger partial charge in [0.05, 0.1) is 0 Å². The topological polar surface area (TPSA) is 74.6 Å². The summed E-state index contributed by atoms with van der Waals surface area (Å²) in [6.45, 7) is 0. The Bertz CT molecular complexity index is 275. The quantitative estimate of drug-likeness (QED) is 0.505. The number of rotatable bonds is 1. The second-order valence-electron chi connectivity index (χ2n) is 1.51. The summed E-state index contributed by atoms with van der Waals surface area (Å²) in [5.41, 5.74) is 0. The molecular formula is C4H2N4O2+. The number of hydrogen-bond donors (Lipinski definition) is 0. The molecule has 6 nitrogen and oxygen atoms in total. The smallest absolute Gasteiger partial charge is 0.342 e. The molecular weight excluding hydrogens is 136 g/mol. The van der Waals surface area contributed by atoms with Crippen LogP contribution in [0.2, 0.25) is 0 Å². The number of amidine groups is 1. The first kappa shape index (κ1) is 5.10. The molecule has 1 aliphatic rings. The third kappa shape index (κ3) is 0.661. The highest BCUT2D eigenvalue weighted by Crippen LogP contribution is 1.93. The van der Waals surface area contributed by atoms with Gasteiger partial charge >= 0.3 is 12.2 Å². The van der Waals surface area contributed by atoms with E-state index in [0.29, 0.717) is 11.7 Å². The SMILES string of the molecule is C1=NC(c2ncon2)=[N+]O1. The molecule has 0 aromatic carbocycles. The van der Waals surface area contributed by atoms with E-state index in [0.717, 1.165) is 0 Å². The number of nitrogens with zero attached hydrogens (tertiary/aromatic N) is 4. The van der Waals surface area contributed by atoms with Gasteiger partial charge in [-0.3, -0.25) is 0 Å². The Morgan fingerprint density at radius 2 is 2.50 bits per heavy atom. The van der Waals surface area contributed by atoms with E-state index in [2.05, 4.69) is 29.6 Å². The number of aliphatic imine (C=N–C) groups is 1. The van der Waals surface area contributed by atoms with Crippen LogP contribution in [0.3, 0.4) is 0 Å². The molecule has 1 radical (unpaired) electrons. The van der Waals surface area contributed by atoms with Crippen molar-refractivity contribution in [1.29, 1.82) is 0 Å². The van der Waals surface area contributed by atoms with Crippen molar-refractivity contribution in [2.75, 3.05) is 0 Å². The molecule has 1 aromatic heterocycles. The van der Waals surface area contributed by atoms with Gasteiger partial charge in [-0.1, -0.05) is 0 Å². The van der Waals surface area contributed by atoms with Crippen molar-refractivity contribution in [2.45, 2.75) is 0 Å². The van der Waals surface area contributed by atoms with Gasteiger partial charge in [0.2, 0.25) is 6.39 Å². The van der Waals surface area contributed by atoms with Crippen molar-refractivity contribution < 1.29 is 9.36 Å². The summed E-state index contributed by atoms with van der Waals surface area (Å²) in [7, 11) is 0. The van der Waals surface area contributed by atoms with Gasteiger partial charge in [0.25, 0.3) is 5.82 Å². The summed E-state index contributed by atoms with van der Waals surface area (Å²) in [5.74, 6) is 0.655. The van der Waals surface area contributed by atoms with Gasteiger partial charge in [-0.25, -0.2) is 4.84 Å². The zero-order chi connectivity index (χ0) is 6.81. The lowest BCUT2D eigenvalue weighted by Gasteiger charge is -1.67. The normalized spacial score (nSPS) is 15.0.